The van der Waals surface area contributed by atoms with E-state index in [1.54, 1.807) is 6.07 Å². The zero-order chi connectivity index (χ0) is 14.9. The van der Waals surface area contributed by atoms with Gasteiger partial charge in [0, 0.05) is 5.69 Å². The summed E-state index contributed by atoms with van der Waals surface area (Å²) in [5.74, 6) is 0.761. The molecule has 1 aromatic carbocycles. The molecule has 0 spiro atoms. The van der Waals surface area contributed by atoms with E-state index in [1.807, 2.05) is 18.2 Å². The Morgan fingerprint density at radius 3 is 2.40 bits per heavy atom. The second kappa shape index (κ2) is 5.51. The molecule has 0 fully saturated rings. The Balaban J connectivity index is 2.43. The van der Waals surface area contributed by atoms with Gasteiger partial charge in [-0.25, -0.2) is 4.98 Å². The number of para-hydroxylation sites is 1. The Hall–Kier alpha value is -1.45. The van der Waals surface area contributed by atoms with Crippen molar-refractivity contribution in [3.05, 3.63) is 45.9 Å². The molecule has 0 unspecified atom stereocenters. The van der Waals surface area contributed by atoms with Crippen molar-refractivity contribution >= 4 is 40.5 Å². The standard InChI is InChI=1S/C15H17Cl2N3/c1-15(2,3)9-6-4-5-7-12(9)19-14-11(17)8-10(16)13(18)20-14/h4-8H,1-3H3,(H3,18,19,20). The fourth-order valence-corrected chi connectivity index (χ4v) is 2.35. The Morgan fingerprint density at radius 1 is 1.10 bits per heavy atom. The van der Waals surface area contributed by atoms with Crippen molar-refractivity contribution < 1.29 is 0 Å². The third kappa shape index (κ3) is 3.17. The van der Waals surface area contributed by atoms with Gasteiger partial charge < -0.3 is 11.1 Å². The van der Waals surface area contributed by atoms with Gasteiger partial charge in [0.25, 0.3) is 0 Å². The van der Waals surface area contributed by atoms with Gasteiger partial charge in [-0.05, 0) is 23.1 Å². The number of nitrogens with one attached hydrogen (secondary N) is 1. The molecule has 0 aliphatic carbocycles. The van der Waals surface area contributed by atoms with Crippen LogP contribution in [0.2, 0.25) is 10.0 Å². The minimum absolute atomic E-state index is 0.00798. The minimum Gasteiger partial charge on any atom is -0.382 e. The molecule has 106 valence electrons. The van der Waals surface area contributed by atoms with Crippen LogP contribution in [0.5, 0.6) is 0 Å². The van der Waals surface area contributed by atoms with Crippen LogP contribution in [0.3, 0.4) is 0 Å². The molecular weight excluding hydrogens is 293 g/mol. The Bertz CT molecular complexity index is 634. The van der Waals surface area contributed by atoms with Gasteiger partial charge in [0.15, 0.2) is 5.82 Å². The molecule has 5 heteroatoms. The van der Waals surface area contributed by atoms with Gasteiger partial charge in [0.05, 0.1) is 10.0 Å². The third-order valence-electron chi connectivity index (χ3n) is 2.94. The molecule has 0 amide bonds. The number of rotatable bonds is 2. The van der Waals surface area contributed by atoms with Crippen molar-refractivity contribution in [1.82, 2.24) is 4.98 Å². The lowest BCUT2D eigenvalue weighted by atomic mass is 9.86. The van der Waals surface area contributed by atoms with E-state index in [4.69, 9.17) is 28.9 Å². The smallest absolute Gasteiger partial charge is 0.151 e. The summed E-state index contributed by atoms with van der Waals surface area (Å²) in [5.41, 5.74) is 7.86. The first kappa shape index (κ1) is 14.9. The summed E-state index contributed by atoms with van der Waals surface area (Å²) in [7, 11) is 0. The van der Waals surface area contributed by atoms with Crippen LogP contribution in [-0.4, -0.2) is 4.98 Å². The molecule has 0 aliphatic heterocycles. The molecule has 2 rings (SSSR count). The lowest BCUT2D eigenvalue weighted by molar-refractivity contribution is 0.592. The number of anilines is 3. The average Bonchev–Trinajstić information content (AvgIpc) is 2.35. The van der Waals surface area contributed by atoms with Gasteiger partial charge in [-0.1, -0.05) is 62.2 Å². The highest BCUT2D eigenvalue weighted by molar-refractivity contribution is 6.37. The lowest BCUT2D eigenvalue weighted by Gasteiger charge is -2.23. The molecule has 3 N–H and O–H groups in total. The van der Waals surface area contributed by atoms with Crippen LogP contribution in [0.25, 0.3) is 0 Å². The molecule has 1 aromatic heterocycles. The average molecular weight is 310 g/mol. The highest BCUT2D eigenvalue weighted by atomic mass is 35.5. The van der Waals surface area contributed by atoms with E-state index >= 15 is 0 Å². The quantitative estimate of drug-likeness (QED) is 0.819. The van der Waals surface area contributed by atoms with Crippen molar-refractivity contribution in [3.8, 4) is 0 Å². The van der Waals surface area contributed by atoms with Gasteiger partial charge >= 0.3 is 0 Å². The second-order valence-electron chi connectivity index (χ2n) is 5.61. The molecule has 20 heavy (non-hydrogen) atoms. The highest BCUT2D eigenvalue weighted by Gasteiger charge is 2.18. The normalized spacial score (nSPS) is 11.4. The van der Waals surface area contributed by atoms with Gasteiger partial charge in [0.1, 0.15) is 5.82 Å². The van der Waals surface area contributed by atoms with E-state index in [2.05, 4.69) is 37.1 Å². The predicted octanol–water partition coefficient (Wildman–Crippen LogP) is 5.01. The van der Waals surface area contributed by atoms with Crippen molar-refractivity contribution in [2.24, 2.45) is 0 Å². The van der Waals surface area contributed by atoms with Gasteiger partial charge in [-0.2, -0.15) is 0 Å². The molecule has 0 radical (unpaired) electrons. The van der Waals surface area contributed by atoms with Crippen molar-refractivity contribution in [2.45, 2.75) is 26.2 Å². The summed E-state index contributed by atoms with van der Waals surface area (Å²) in [6.45, 7) is 6.45. The van der Waals surface area contributed by atoms with E-state index in [0.29, 0.717) is 15.9 Å². The zero-order valence-corrected chi connectivity index (χ0v) is 13.2. The van der Waals surface area contributed by atoms with Gasteiger partial charge in [-0.3, -0.25) is 0 Å². The van der Waals surface area contributed by atoms with Crippen LogP contribution >= 0.6 is 23.2 Å². The molecule has 0 bridgehead atoms. The first-order valence-corrected chi connectivity index (χ1v) is 7.02. The number of nitrogens with two attached hydrogens (primary N) is 1. The van der Waals surface area contributed by atoms with E-state index in [9.17, 15) is 0 Å². The number of nitrogen functional groups attached to an aromatic ring is 1. The summed E-state index contributed by atoms with van der Waals surface area (Å²) in [5, 5.41) is 4.02. The summed E-state index contributed by atoms with van der Waals surface area (Å²) in [6, 6.07) is 9.63. The SMILES string of the molecule is CC(C)(C)c1ccccc1Nc1nc(N)c(Cl)cc1Cl. The zero-order valence-electron chi connectivity index (χ0n) is 11.7. The van der Waals surface area contributed by atoms with Gasteiger partial charge in [0.2, 0.25) is 0 Å². The minimum atomic E-state index is 0.00798. The first-order valence-electron chi connectivity index (χ1n) is 6.27. The monoisotopic (exact) mass is 309 g/mol. The van der Waals surface area contributed by atoms with Crippen molar-refractivity contribution in [3.63, 3.8) is 0 Å². The molecule has 0 aliphatic rings. The van der Waals surface area contributed by atoms with Crippen molar-refractivity contribution in [2.75, 3.05) is 11.1 Å². The molecule has 3 nitrogen and oxygen atoms in total. The van der Waals surface area contributed by atoms with Crippen LogP contribution in [-0.2, 0) is 5.41 Å². The fourth-order valence-electron chi connectivity index (χ4n) is 1.94. The van der Waals surface area contributed by atoms with Gasteiger partial charge in [-0.15, -0.1) is 0 Å². The molecule has 0 saturated carbocycles. The molecule has 0 saturated heterocycles. The topological polar surface area (TPSA) is 50.9 Å². The van der Waals surface area contributed by atoms with E-state index in [-0.39, 0.29) is 11.2 Å². The molecular formula is C15H17Cl2N3. The Labute approximate surface area is 129 Å². The van der Waals surface area contributed by atoms with Crippen LogP contribution in [0, 0.1) is 0 Å². The van der Waals surface area contributed by atoms with E-state index in [0.717, 1.165) is 5.69 Å². The maximum atomic E-state index is 6.15. The largest absolute Gasteiger partial charge is 0.382 e. The summed E-state index contributed by atoms with van der Waals surface area (Å²) in [6.07, 6.45) is 0. The number of hydrogen-bond acceptors (Lipinski definition) is 3. The number of pyridine rings is 1. The van der Waals surface area contributed by atoms with Crippen LogP contribution in [0.1, 0.15) is 26.3 Å². The summed E-state index contributed by atoms with van der Waals surface area (Å²) in [4.78, 5) is 4.19. The second-order valence-corrected chi connectivity index (χ2v) is 6.42. The molecule has 0 atom stereocenters. The highest BCUT2D eigenvalue weighted by Crippen LogP contribution is 2.34. The predicted molar refractivity (Wildman–Crippen MR) is 87.1 cm³/mol. The summed E-state index contributed by atoms with van der Waals surface area (Å²) < 4.78 is 0. The van der Waals surface area contributed by atoms with E-state index in [1.165, 1.54) is 5.56 Å². The van der Waals surface area contributed by atoms with Crippen LogP contribution in [0.15, 0.2) is 30.3 Å². The first-order chi connectivity index (χ1) is 9.29. The fraction of sp³-hybridized carbons (Fsp3) is 0.267. The number of benzene rings is 1. The number of aromatic nitrogens is 1. The summed E-state index contributed by atoms with van der Waals surface area (Å²) >= 11 is 12.0. The van der Waals surface area contributed by atoms with Crippen LogP contribution in [0.4, 0.5) is 17.3 Å². The Kier molecular flexibility index (Phi) is 4.11. The maximum Gasteiger partial charge on any atom is 0.151 e. The maximum absolute atomic E-state index is 6.15. The van der Waals surface area contributed by atoms with Crippen LogP contribution < -0.4 is 11.1 Å². The number of halogens is 2. The molecule has 2 aromatic rings. The number of hydrogen-bond donors (Lipinski definition) is 2. The lowest BCUT2D eigenvalue weighted by Crippen LogP contribution is -2.14. The Morgan fingerprint density at radius 2 is 1.75 bits per heavy atom. The van der Waals surface area contributed by atoms with E-state index < -0.39 is 0 Å². The third-order valence-corrected chi connectivity index (χ3v) is 3.54. The molecule has 1 heterocycles. The number of nitrogens with zero attached hydrogens (tertiary/aromatic N) is 1. The van der Waals surface area contributed by atoms with Crippen molar-refractivity contribution in [1.29, 1.82) is 0 Å².